The largest absolute Gasteiger partial charge is 0.507 e. The van der Waals surface area contributed by atoms with Gasteiger partial charge in [0.25, 0.3) is 0 Å². The molecule has 0 atom stereocenters. The third kappa shape index (κ3) is 2.08. The van der Waals surface area contributed by atoms with Gasteiger partial charge >= 0.3 is 0 Å². The maximum absolute atomic E-state index is 13.8. The molecule has 1 aromatic carbocycles. The van der Waals surface area contributed by atoms with Crippen LogP contribution in [-0.4, -0.2) is 20.3 Å². The molecule has 0 fully saturated rings. The summed E-state index contributed by atoms with van der Waals surface area (Å²) in [6.07, 6.45) is 0. The monoisotopic (exact) mass is 233 g/mol. The van der Waals surface area contributed by atoms with Crippen LogP contribution in [0.1, 0.15) is 17.1 Å². The van der Waals surface area contributed by atoms with Crippen LogP contribution < -0.4 is 0 Å². The maximum atomic E-state index is 13.8. The highest BCUT2D eigenvalue weighted by atomic mass is 19.1. The minimum absolute atomic E-state index is 0.0492. The van der Waals surface area contributed by atoms with E-state index < -0.39 is 5.82 Å². The normalized spacial score (nSPS) is 10.6. The lowest BCUT2D eigenvalue weighted by Gasteiger charge is -2.08. The van der Waals surface area contributed by atoms with Gasteiger partial charge in [0.2, 0.25) is 0 Å². The van der Waals surface area contributed by atoms with E-state index in [1.807, 2.05) is 0 Å². The summed E-state index contributed by atoms with van der Waals surface area (Å²) in [7, 11) is 0. The number of phenols is 1. The Kier molecular flexibility index (Phi) is 2.75. The first kappa shape index (κ1) is 11.4. The smallest absolute Gasteiger partial charge is 0.148 e. The van der Waals surface area contributed by atoms with E-state index in [2.05, 4.69) is 15.2 Å². The SMILES string of the molecule is Cc1cc(O)c(-c2nnc(C)nc2C)c(F)c1. The van der Waals surface area contributed by atoms with E-state index in [1.54, 1.807) is 20.8 Å². The molecule has 0 saturated heterocycles. The standard InChI is InChI=1S/C12H12FN3O/c1-6-4-9(13)11(10(17)5-6)12-7(2)14-8(3)15-16-12/h4-5,17H,1-3H3. The third-order valence-corrected chi connectivity index (χ3v) is 2.42. The quantitative estimate of drug-likeness (QED) is 0.821. The molecule has 1 N–H and O–H groups in total. The topological polar surface area (TPSA) is 58.9 Å². The first-order valence-corrected chi connectivity index (χ1v) is 5.16. The summed E-state index contributed by atoms with van der Waals surface area (Å²) in [4.78, 5) is 4.10. The van der Waals surface area contributed by atoms with E-state index in [4.69, 9.17) is 0 Å². The fraction of sp³-hybridized carbons (Fsp3) is 0.250. The van der Waals surface area contributed by atoms with Crippen molar-refractivity contribution in [2.45, 2.75) is 20.8 Å². The molecule has 2 aromatic rings. The molecule has 0 aliphatic carbocycles. The molecule has 0 spiro atoms. The molecule has 0 unspecified atom stereocenters. The Labute approximate surface area is 98.2 Å². The van der Waals surface area contributed by atoms with E-state index in [9.17, 15) is 9.50 Å². The molecular formula is C12H12FN3O. The zero-order chi connectivity index (χ0) is 12.6. The number of phenolic OH excluding ortho intramolecular Hbond substituents is 1. The van der Waals surface area contributed by atoms with Gasteiger partial charge in [0.05, 0.1) is 11.3 Å². The Morgan fingerprint density at radius 3 is 2.41 bits per heavy atom. The summed E-state index contributed by atoms with van der Waals surface area (Å²) >= 11 is 0. The number of hydrogen-bond acceptors (Lipinski definition) is 4. The van der Waals surface area contributed by atoms with Gasteiger partial charge in [-0.3, -0.25) is 0 Å². The van der Waals surface area contributed by atoms with Crippen LogP contribution in [0.15, 0.2) is 12.1 Å². The Balaban J connectivity index is 2.68. The highest BCUT2D eigenvalue weighted by Gasteiger charge is 2.16. The predicted octanol–water partition coefficient (Wildman–Crippen LogP) is 2.31. The molecule has 1 aromatic heterocycles. The van der Waals surface area contributed by atoms with Gasteiger partial charge in [0, 0.05) is 0 Å². The van der Waals surface area contributed by atoms with E-state index in [-0.39, 0.29) is 17.0 Å². The second-order valence-corrected chi connectivity index (χ2v) is 3.93. The fourth-order valence-corrected chi connectivity index (χ4v) is 1.70. The molecule has 0 saturated carbocycles. The molecule has 17 heavy (non-hydrogen) atoms. The number of aromatic hydroxyl groups is 1. The van der Waals surface area contributed by atoms with Crippen LogP contribution in [0.25, 0.3) is 11.3 Å². The van der Waals surface area contributed by atoms with Crippen molar-refractivity contribution < 1.29 is 9.50 Å². The summed E-state index contributed by atoms with van der Waals surface area (Å²) in [5.41, 5.74) is 1.50. The Hall–Kier alpha value is -2.04. The van der Waals surface area contributed by atoms with Crippen LogP contribution in [0.2, 0.25) is 0 Å². The van der Waals surface area contributed by atoms with E-state index >= 15 is 0 Å². The van der Waals surface area contributed by atoms with Crippen molar-refractivity contribution in [1.82, 2.24) is 15.2 Å². The summed E-state index contributed by atoms with van der Waals surface area (Å²) in [5.74, 6) is -0.158. The third-order valence-electron chi connectivity index (χ3n) is 2.42. The lowest BCUT2D eigenvalue weighted by Crippen LogP contribution is -2.00. The van der Waals surface area contributed by atoms with Crippen molar-refractivity contribution in [2.24, 2.45) is 0 Å². The van der Waals surface area contributed by atoms with Crippen LogP contribution in [0, 0.1) is 26.6 Å². The molecule has 5 heteroatoms. The molecule has 2 rings (SSSR count). The molecule has 0 radical (unpaired) electrons. The van der Waals surface area contributed by atoms with Gasteiger partial charge in [-0.15, -0.1) is 10.2 Å². The Bertz CT molecular complexity index is 561. The molecule has 0 aliphatic rings. The number of rotatable bonds is 1. The van der Waals surface area contributed by atoms with Crippen LogP contribution in [0.5, 0.6) is 5.75 Å². The molecule has 0 amide bonds. The van der Waals surface area contributed by atoms with Crippen molar-refractivity contribution >= 4 is 0 Å². The zero-order valence-electron chi connectivity index (χ0n) is 9.82. The van der Waals surface area contributed by atoms with Crippen molar-refractivity contribution in [1.29, 1.82) is 0 Å². The van der Waals surface area contributed by atoms with Crippen molar-refractivity contribution in [3.8, 4) is 17.0 Å². The van der Waals surface area contributed by atoms with E-state index in [0.29, 0.717) is 17.1 Å². The number of benzene rings is 1. The van der Waals surface area contributed by atoms with Gasteiger partial charge in [0.1, 0.15) is 23.1 Å². The van der Waals surface area contributed by atoms with Crippen molar-refractivity contribution in [3.63, 3.8) is 0 Å². The minimum Gasteiger partial charge on any atom is -0.507 e. The van der Waals surface area contributed by atoms with E-state index in [0.717, 1.165) is 0 Å². The first-order chi connectivity index (χ1) is 7.99. The van der Waals surface area contributed by atoms with Crippen LogP contribution in [-0.2, 0) is 0 Å². The van der Waals surface area contributed by atoms with E-state index in [1.165, 1.54) is 12.1 Å². The molecule has 0 aliphatic heterocycles. The van der Waals surface area contributed by atoms with Gasteiger partial charge in [-0.05, 0) is 38.5 Å². The maximum Gasteiger partial charge on any atom is 0.148 e. The Morgan fingerprint density at radius 1 is 1.12 bits per heavy atom. The highest BCUT2D eigenvalue weighted by Crippen LogP contribution is 2.32. The first-order valence-electron chi connectivity index (χ1n) is 5.16. The lowest BCUT2D eigenvalue weighted by atomic mass is 10.1. The average molecular weight is 233 g/mol. The van der Waals surface area contributed by atoms with Crippen LogP contribution >= 0.6 is 0 Å². The summed E-state index contributed by atoms with van der Waals surface area (Å²) in [6, 6.07) is 2.83. The van der Waals surface area contributed by atoms with Gasteiger partial charge in [-0.2, -0.15) is 0 Å². The van der Waals surface area contributed by atoms with Gasteiger partial charge in [-0.1, -0.05) is 0 Å². The molecule has 1 heterocycles. The predicted molar refractivity (Wildman–Crippen MR) is 61.1 cm³/mol. The van der Waals surface area contributed by atoms with Crippen LogP contribution in [0.4, 0.5) is 4.39 Å². The second-order valence-electron chi connectivity index (χ2n) is 3.93. The molecular weight excluding hydrogens is 221 g/mol. The highest BCUT2D eigenvalue weighted by molar-refractivity contribution is 5.69. The zero-order valence-corrected chi connectivity index (χ0v) is 9.82. The van der Waals surface area contributed by atoms with Gasteiger partial charge < -0.3 is 5.11 Å². The van der Waals surface area contributed by atoms with Crippen molar-refractivity contribution in [3.05, 3.63) is 35.0 Å². The lowest BCUT2D eigenvalue weighted by molar-refractivity contribution is 0.470. The number of aryl methyl sites for hydroxylation is 3. The summed E-state index contributed by atoms with van der Waals surface area (Å²) in [6.45, 7) is 5.11. The summed E-state index contributed by atoms with van der Waals surface area (Å²) < 4.78 is 13.8. The number of nitrogens with zero attached hydrogens (tertiary/aromatic N) is 3. The molecule has 4 nitrogen and oxygen atoms in total. The van der Waals surface area contributed by atoms with Crippen molar-refractivity contribution in [2.75, 3.05) is 0 Å². The number of hydrogen-bond donors (Lipinski definition) is 1. The van der Waals surface area contributed by atoms with Gasteiger partial charge in [-0.25, -0.2) is 9.37 Å². The minimum atomic E-state index is -0.523. The van der Waals surface area contributed by atoms with Crippen LogP contribution in [0.3, 0.4) is 0 Å². The van der Waals surface area contributed by atoms with Gasteiger partial charge in [0.15, 0.2) is 0 Å². The summed E-state index contributed by atoms with van der Waals surface area (Å²) in [5, 5.41) is 17.5. The second kappa shape index (κ2) is 4.08. The molecule has 0 bridgehead atoms. The fourth-order valence-electron chi connectivity index (χ4n) is 1.70. The average Bonchev–Trinajstić information content (AvgIpc) is 2.19. The number of halogens is 1. The molecule has 88 valence electrons. The Morgan fingerprint density at radius 2 is 1.82 bits per heavy atom. The number of aromatic nitrogens is 3.